The number of hydrogen-bond donors (Lipinski definition) is 2. The van der Waals surface area contributed by atoms with Crippen LogP contribution in [0.25, 0.3) is 11.3 Å². The normalized spacial score (nSPS) is 10.3. The minimum atomic E-state index is -0.230. The van der Waals surface area contributed by atoms with Gasteiger partial charge in [-0.3, -0.25) is 9.59 Å². The van der Waals surface area contributed by atoms with E-state index in [-0.39, 0.29) is 10.8 Å². The molecule has 1 heterocycles. The van der Waals surface area contributed by atoms with Gasteiger partial charge in [0, 0.05) is 23.1 Å². The number of thioether (sulfide) groups is 1. The van der Waals surface area contributed by atoms with Crippen LogP contribution >= 0.6 is 11.8 Å². The molecule has 1 aromatic heterocycles. The number of unbranched alkanes of at least 4 members (excludes halogenated alkanes) is 1. The molecular weight excluding hydrogens is 286 g/mol. The topological polar surface area (TPSA) is 74.8 Å². The van der Waals surface area contributed by atoms with Crippen molar-refractivity contribution in [3.8, 4) is 11.3 Å². The molecule has 0 unspecified atom stereocenters. The van der Waals surface area contributed by atoms with E-state index in [1.165, 1.54) is 17.8 Å². The van der Waals surface area contributed by atoms with Crippen molar-refractivity contribution in [1.82, 2.24) is 10.2 Å². The zero-order valence-electron chi connectivity index (χ0n) is 11.8. The lowest BCUT2D eigenvalue weighted by Gasteiger charge is -2.05. The van der Waals surface area contributed by atoms with Gasteiger partial charge in [0.2, 0.25) is 0 Å². The van der Waals surface area contributed by atoms with E-state index in [0.717, 1.165) is 29.8 Å². The third kappa shape index (κ3) is 4.75. The van der Waals surface area contributed by atoms with Crippen LogP contribution in [0.5, 0.6) is 0 Å². The molecule has 0 aliphatic carbocycles. The van der Waals surface area contributed by atoms with E-state index in [1.807, 2.05) is 24.3 Å². The van der Waals surface area contributed by atoms with Crippen LogP contribution in [0.15, 0.2) is 41.2 Å². The van der Waals surface area contributed by atoms with Crippen LogP contribution in [0.4, 0.5) is 10.5 Å². The molecule has 2 rings (SSSR count). The lowest BCUT2D eigenvalue weighted by atomic mass is 10.1. The molecule has 1 amide bonds. The number of amides is 1. The van der Waals surface area contributed by atoms with Gasteiger partial charge in [0.05, 0.1) is 5.69 Å². The van der Waals surface area contributed by atoms with Crippen molar-refractivity contribution in [3.05, 3.63) is 46.8 Å². The van der Waals surface area contributed by atoms with Gasteiger partial charge in [-0.15, -0.1) is 0 Å². The molecule has 21 heavy (non-hydrogen) atoms. The number of carbonyl (C=O) groups excluding carboxylic acids is 1. The van der Waals surface area contributed by atoms with E-state index in [2.05, 4.69) is 22.4 Å². The van der Waals surface area contributed by atoms with Crippen molar-refractivity contribution in [1.29, 1.82) is 0 Å². The third-order valence-electron chi connectivity index (χ3n) is 2.84. The quantitative estimate of drug-likeness (QED) is 0.829. The second kappa shape index (κ2) is 7.64. The molecule has 110 valence electrons. The van der Waals surface area contributed by atoms with Gasteiger partial charge in [-0.25, -0.2) is 5.10 Å². The molecule has 0 aliphatic rings. The number of aromatic nitrogens is 2. The summed E-state index contributed by atoms with van der Waals surface area (Å²) in [5.41, 5.74) is 2.08. The molecule has 6 heteroatoms. The maximum atomic E-state index is 11.7. The van der Waals surface area contributed by atoms with E-state index in [9.17, 15) is 9.59 Å². The highest BCUT2D eigenvalue weighted by Gasteiger charge is 2.04. The zero-order valence-corrected chi connectivity index (χ0v) is 12.6. The number of carbonyl (C=O) groups is 1. The van der Waals surface area contributed by atoms with Crippen molar-refractivity contribution in [2.24, 2.45) is 0 Å². The van der Waals surface area contributed by atoms with Crippen molar-refractivity contribution in [2.45, 2.75) is 19.8 Å². The summed E-state index contributed by atoms with van der Waals surface area (Å²) in [6.07, 6.45) is 2.12. The minimum Gasteiger partial charge on any atom is -0.317 e. The van der Waals surface area contributed by atoms with Crippen LogP contribution < -0.4 is 10.9 Å². The van der Waals surface area contributed by atoms with Gasteiger partial charge in [0.1, 0.15) is 0 Å². The molecule has 0 bridgehead atoms. The van der Waals surface area contributed by atoms with Crippen LogP contribution in [0.3, 0.4) is 0 Å². The molecule has 0 radical (unpaired) electrons. The lowest BCUT2D eigenvalue weighted by Crippen LogP contribution is -2.06. The van der Waals surface area contributed by atoms with Crippen molar-refractivity contribution < 1.29 is 4.79 Å². The van der Waals surface area contributed by atoms with Crippen LogP contribution in [0.2, 0.25) is 0 Å². The predicted molar refractivity (Wildman–Crippen MR) is 86.7 cm³/mol. The number of rotatable bonds is 5. The summed E-state index contributed by atoms with van der Waals surface area (Å²) in [6.45, 7) is 2.10. The Kier molecular flexibility index (Phi) is 5.57. The maximum absolute atomic E-state index is 11.7. The SMILES string of the molecule is CCCCSC(=O)Nc1ccc(-c2ccc(=O)[nH]n2)cc1. The van der Waals surface area contributed by atoms with Gasteiger partial charge in [0.15, 0.2) is 0 Å². The largest absolute Gasteiger partial charge is 0.317 e. The minimum absolute atomic E-state index is 0.0432. The molecule has 0 aliphatic heterocycles. The van der Waals surface area contributed by atoms with Gasteiger partial charge >= 0.3 is 0 Å². The highest BCUT2D eigenvalue weighted by molar-refractivity contribution is 8.13. The van der Waals surface area contributed by atoms with E-state index in [0.29, 0.717) is 5.69 Å². The van der Waals surface area contributed by atoms with Gasteiger partial charge in [-0.1, -0.05) is 37.2 Å². The smallest absolute Gasteiger partial charge is 0.283 e. The molecule has 5 nitrogen and oxygen atoms in total. The van der Waals surface area contributed by atoms with Crippen molar-refractivity contribution >= 4 is 22.7 Å². The zero-order chi connectivity index (χ0) is 15.1. The average molecular weight is 303 g/mol. The Morgan fingerprint density at radius 3 is 2.62 bits per heavy atom. The molecular formula is C15H17N3O2S. The first-order valence-corrected chi connectivity index (χ1v) is 7.77. The monoisotopic (exact) mass is 303 g/mol. The Balaban J connectivity index is 1.97. The summed E-state index contributed by atoms with van der Waals surface area (Å²) in [5, 5.41) is 9.15. The average Bonchev–Trinajstić information content (AvgIpc) is 2.49. The predicted octanol–water partition coefficient (Wildman–Crippen LogP) is 3.50. The standard InChI is InChI=1S/C15H17N3O2S/c1-2-3-10-21-15(20)16-12-6-4-11(5-7-12)13-8-9-14(19)18-17-13/h4-9H,2-3,10H2,1H3,(H,16,20)(H,18,19). The van der Waals surface area contributed by atoms with Crippen LogP contribution in [0.1, 0.15) is 19.8 Å². The molecule has 0 atom stereocenters. The highest BCUT2D eigenvalue weighted by atomic mass is 32.2. The lowest BCUT2D eigenvalue weighted by molar-refractivity contribution is 0.270. The molecule has 0 saturated carbocycles. The molecule has 1 aromatic carbocycles. The second-order valence-corrected chi connectivity index (χ2v) is 5.57. The Hall–Kier alpha value is -2.08. The van der Waals surface area contributed by atoms with E-state index < -0.39 is 0 Å². The number of benzene rings is 1. The van der Waals surface area contributed by atoms with Crippen molar-refractivity contribution in [3.63, 3.8) is 0 Å². The fourth-order valence-corrected chi connectivity index (χ4v) is 2.50. The molecule has 0 spiro atoms. The number of aromatic amines is 1. The summed E-state index contributed by atoms with van der Waals surface area (Å²) < 4.78 is 0. The summed E-state index contributed by atoms with van der Waals surface area (Å²) in [5.74, 6) is 0.835. The Labute approximate surface area is 127 Å². The Morgan fingerprint density at radius 2 is 2.00 bits per heavy atom. The summed E-state index contributed by atoms with van der Waals surface area (Å²) in [7, 11) is 0. The fourth-order valence-electron chi connectivity index (χ4n) is 1.69. The third-order valence-corrected chi connectivity index (χ3v) is 3.69. The van der Waals surface area contributed by atoms with Crippen LogP contribution in [0, 0.1) is 0 Å². The number of H-pyrrole nitrogens is 1. The fraction of sp³-hybridized carbons (Fsp3) is 0.267. The Bertz CT molecular complexity index is 632. The number of nitrogens with zero attached hydrogens (tertiary/aromatic N) is 1. The first-order chi connectivity index (χ1) is 10.2. The Morgan fingerprint density at radius 1 is 1.24 bits per heavy atom. The van der Waals surface area contributed by atoms with Gasteiger partial charge < -0.3 is 5.32 Å². The van der Waals surface area contributed by atoms with Gasteiger partial charge in [-0.2, -0.15) is 5.10 Å². The molecule has 2 aromatic rings. The van der Waals surface area contributed by atoms with Crippen molar-refractivity contribution in [2.75, 3.05) is 11.1 Å². The van der Waals surface area contributed by atoms with E-state index >= 15 is 0 Å². The summed E-state index contributed by atoms with van der Waals surface area (Å²) in [4.78, 5) is 22.6. The molecule has 2 N–H and O–H groups in total. The highest BCUT2D eigenvalue weighted by Crippen LogP contribution is 2.19. The summed E-state index contributed by atoms with van der Waals surface area (Å²) >= 11 is 1.30. The first kappa shape index (κ1) is 15.3. The van der Waals surface area contributed by atoms with Crippen LogP contribution in [-0.4, -0.2) is 21.2 Å². The number of anilines is 1. The van der Waals surface area contributed by atoms with Gasteiger partial charge in [-0.05, 0) is 24.6 Å². The number of nitrogens with one attached hydrogen (secondary N) is 2. The molecule has 0 fully saturated rings. The summed E-state index contributed by atoms with van der Waals surface area (Å²) in [6, 6.07) is 10.4. The second-order valence-electron chi connectivity index (χ2n) is 4.50. The van der Waals surface area contributed by atoms with E-state index in [4.69, 9.17) is 0 Å². The van der Waals surface area contributed by atoms with Crippen LogP contribution in [-0.2, 0) is 0 Å². The van der Waals surface area contributed by atoms with E-state index in [1.54, 1.807) is 6.07 Å². The van der Waals surface area contributed by atoms with Gasteiger partial charge in [0.25, 0.3) is 10.8 Å². The first-order valence-electron chi connectivity index (χ1n) is 6.79. The maximum Gasteiger partial charge on any atom is 0.283 e. The molecule has 0 saturated heterocycles. The number of hydrogen-bond acceptors (Lipinski definition) is 4.